The van der Waals surface area contributed by atoms with E-state index >= 15 is 0 Å². The molecule has 1 unspecified atom stereocenters. The molecule has 1 fully saturated rings. The lowest BCUT2D eigenvalue weighted by molar-refractivity contribution is 0.0949. The van der Waals surface area contributed by atoms with Crippen molar-refractivity contribution in [3.63, 3.8) is 0 Å². The van der Waals surface area contributed by atoms with Crippen LogP contribution in [-0.4, -0.2) is 43.7 Å². The average molecular weight is 411 g/mol. The number of rotatable bonds is 6. The molecular formula is C24H30N2O4. The molecule has 0 radical (unpaired) electrons. The summed E-state index contributed by atoms with van der Waals surface area (Å²) in [4.78, 5) is 15.2. The second-order valence-electron chi connectivity index (χ2n) is 8.02. The van der Waals surface area contributed by atoms with Crippen LogP contribution in [0.3, 0.4) is 0 Å². The van der Waals surface area contributed by atoms with Gasteiger partial charge in [-0.15, -0.1) is 0 Å². The number of hydrogen-bond donors (Lipinski definition) is 1. The van der Waals surface area contributed by atoms with Crippen molar-refractivity contribution in [1.82, 2.24) is 10.2 Å². The third-order valence-electron chi connectivity index (χ3n) is 5.89. The highest BCUT2D eigenvalue weighted by Gasteiger charge is 2.21. The Bertz CT molecular complexity index is 864. The number of hydrogen-bond acceptors (Lipinski definition) is 5. The summed E-state index contributed by atoms with van der Waals surface area (Å²) in [5.41, 5.74) is 2.88. The predicted octanol–water partition coefficient (Wildman–Crippen LogP) is 3.77. The van der Waals surface area contributed by atoms with Crippen LogP contribution in [0.4, 0.5) is 0 Å². The van der Waals surface area contributed by atoms with Gasteiger partial charge in [-0.05, 0) is 49.6 Å². The molecule has 1 saturated heterocycles. The standard InChI is InChI=1S/C24H30N2O4/c1-17-5-3-4-10-26(17)16-19-8-6-18(7-9-19)15-25-24(27)20-13-21(28-2)23-22(14-20)29-11-12-30-23/h6-9,13-14,17H,3-5,10-12,15-16H2,1-2H3,(H,25,27). The molecule has 2 aromatic rings. The zero-order chi connectivity index (χ0) is 20.9. The summed E-state index contributed by atoms with van der Waals surface area (Å²) >= 11 is 0. The zero-order valence-electron chi connectivity index (χ0n) is 17.8. The molecule has 0 aromatic heterocycles. The van der Waals surface area contributed by atoms with Crippen molar-refractivity contribution < 1.29 is 19.0 Å². The van der Waals surface area contributed by atoms with Crippen LogP contribution >= 0.6 is 0 Å². The predicted molar refractivity (Wildman–Crippen MR) is 115 cm³/mol. The highest BCUT2D eigenvalue weighted by molar-refractivity contribution is 5.95. The van der Waals surface area contributed by atoms with Crippen LogP contribution in [0.5, 0.6) is 17.2 Å². The van der Waals surface area contributed by atoms with Crippen LogP contribution in [0.2, 0.25) is 0 Å². The SMILES string of the molecule is COc1cc(C(=O)NCc2ccc(CN3CCCCC3C)cc2)cc2c1OCCO2. The van der Waals surface area contributed by atoms with Crippen LogP contribution in [0.15, 0.2) is 36.4 Å². The lowest BCUT2D eigenvalue weighted by atomic mass is 10.0. The number of benzene rings is 2. The van der Waals surface area contributed by atoms with E-state index in [1.807, 2.05) is 0 Å². The lowest BCUT2D eigenvalue weighted by Crippen LogP contribution is -2.36. The Hall–Kier alpha value is -2.73. The molecule has 1 N–H and O–H groups in total. The summed E-state index contributed by atoms with van der Waals surface area (Å²) in [5.74, 6) is 1.44. The molecule has 0 aliphatic carbocycles. The van der Waals surface area contributed by atoms with Crippen molar-refractivity contribution in [2.45, 2.75) is 45.3 Å². The van der Waals surface area contributed by atoms with Crippen LogP contribution in [0, 0.1) is 0 Å². The van der Waals surface area contributed by atoms with Crippen molar-refractivity contribution in [3.05, 3.63) is 53.1 Å². The summed E-state index contributed by atoms with van der Waals surface area (Å²) in [5, 5.41) is 2.98. The number of amides is 1. The molecule has 1 amide bonds. The Labute approximate surface area is 178 Å². The first kappa shape index (κ1) is 20.5. The monoisotopic (exact) mass is 410 g/mol. The summed E-state index contributed by atoms with van der Waals surface area (Å²) in [6.07, 6.45) is 3.92. The third kappa shape index (κ3) is 4.70. The maximum absolute atomic E-state index is 12.7. The molecule has 30 heavy (non-hydrogen) atoms. The van der Waals surface area contributed by atoms with Crippen LogP contribution in [0.1, 0.15) is 47.7 Å². The first-order valence-corrected chi connectivity index (χ1v) is 10.7. The summed E-state index contributed by atoms with van der Waals surface area (Å²) in [7, 11) is 1.56. The fraction of sp³-hybridized carbons (Fsp3) is 0.458. The number of ether oxygens (including phenoxy) is 3. The van der Waals surface area contributed by atoms with Gasteiger partial charge < -0.3 is 19.5 Å². The number of nitrogens with zero attached hydrogens (tertiary/aromatic N) is 1. The van der Waals surface area contributed by atoms with Crippen LogP contribution in [-0.2, 0) is 13.1 Å². The van der Waals surface area contributed by atoms with E-state index < -0.39 is 0 Å². The van der Waals surface area contributed by atoms with E-state index in [0.717, 1.165) is 12.1 Å². The zero-order valence-corrected chi connectivity index (χ0v) is 17.8. The van der Waals surface area contributed by atoms with Crippen molar-refractivity contribution in [2.24, 2.45) is 0 Å². The number of methoxy groups -OCH3 is 1. The Morgan fingerprint density at radius 1 is 1.13 bits per heavy atom. The fourth-order valence-electron chi connectivity index (χ4n) is 4.08. The first-order valence-electron chi connectivity index (χ1n) is 10.7. The van der Waals surface area contributed by atoms with Gasteiger partial charge in [-0.2, -0.15) is 0 Å². The molecular weight excluding hydrogens is 380 g/mol. The summed E-state index contributed by atoms with van der Waals surface area (Å²) in [6.45, 7) is 5.89. The van der Waals surface area contributed by atoms with Gasteiger partial charge in [-0.25, -0.2) is 0 Å². The summed E-state index contributed by atoms with van der Waals surface area (Å²) < 4.78 is 16.6. The lowest BCUT2D eigenvalue weighted by Gasteiger charge is -2.33. The van der Waals surface area contributed by atoms with Crippen molar-refractivity contribution in [2.75, 3.05) is 26.9 Å². The van der Waals surface area contributed by atoms with Gasteiger partial charge in [0, 0.05) is 24.7 Å². The number of piperidine rings is 1. The van der Waals surface area contributed by atoms with E-state index in [0.29, 0.717) is 48.6 Å². The highest BCUT2D eigenvalue weighted by Crippen LogP contribution is 2.40. The smallest absolute Gasteiger partial charge is 0.251 e. The van der Waals surface area contributed by atoms with E-state index in [-0.39, 0.29) is 5.91 Å². The second-order valence-corrected chi connectivity index (χ2v) is 8.02. The van der Waals surface area contributed by atoms with Gasteiger partial charge in [0.15, 0.2) is 11.5 Å². The molecule has 6 heteroatoms. The van der Waals surface area contributed by atoms with Gasteiger partial charge in [0.1, 0.15) is 13.2 Å². The van der Waals surface area contributed by atoms with Crippen LogP contribution in [0.25, 0.3) is 0 Å². The molecule has 0 spiro atoms. The Morgan fingerprint density at radius 2 is 1.90 bits per heavy atom. The highest BCUT2D eigenvalue weighted by atomic mass is 16.6. The molecule has 0 bridgehead atoms. The van der Waals surface area contributed by atoms with Gasteiger partial charge in [0.05, 0.1) is 7.11 Å². The van der Waals surface area contributed by atoms with Gasteiger partial charge in [0.2, 0.25) is 5.75 Å². The number of likely N-dealkylation sites (tertiary alicyclic amines) is 1. The Kier molecular flexibility index (Phi) is 6.43. The van der Waals surface area contributed by atoms with Crippen molar-refractivity contribution in [3.8, 4) is 17.2 Å². The van der Waals surface area contributed by atoms with Gasteiger partial charge in [0.25, 0.3) is 5.91 Å². The van der Waals surface area contributed by atoms with Crippen LogP contribution < -0.4 is 19.5 Å². The molecule has 160 valence electrons. The minimum Gasteiger partial charge on any atom is -0.493 e. The molecule has 2 aliphatic heterocycles. The molecule has 2 aliphatic rings. The maximum Gasteiger partial charge on any atom is 0.251 e. The van der Waals surface area contributed by atoms with E-state index in [9.17, 15) is 4.79 Å². The maximum atomic E-state index is 12.7. The van der Waals surface area contributed by atoms with Crippen molar-refractivity contribution in [1.29, 1.82) is 0 Å². The Balaban J connectivity index is 1.36. The van der Waals surface area contributed by atoms with Crippen molar-refractivity contribution >= 4 is 5.91 Å². The van der Waals surface area contributed by atoms with Gasteiger partial charge in [-0.1, -0.05) is 30.7 Å². The van der Waals surface area contributed by atoms with Gasteiger partial charge in [-0.3, -0.25) is 9.69 Å². The van der Waals surface area contributed by atoms with E-state index in [1.54, 1.807) is 19.2 Å². The topological polar surface area (TPSA) is 60.0 Å². The third-order valence-corrected chi connectivity index (χ3v) is 5.89. The fourth-order valence-corrected chi connectivity index (χ4v) is 4.08. The van der Waals surface area contributed by atoms with E-state index in [2.05, 4.69) is 41.4 Å². The first-order chi connectivity index (χ1) is 14.6. The number of carbonyl (C=O) groups is 1. The minimum atomic E-state index is -0.170. The normalized spacial score (nSPS) is 18.7. The molecule has 6 nitrogen and oxygen atoms in total. The largest absolute Gasteiger partial charge is 0.493 e. The average Bonchev–Trinajstić information content (AvgIpc) is 2.79. The van der Waals surface area contributed by atoms with Gasteiger partial charge >= 0.3 is 0 Å². The molecule has 1 atom stereocenters. The van der Waals surface area contributed by atoms with E-state index in [1.165, 1.54) is 31.4 Å². The minimum absolute atomic E-state index is 0.170. The number of nitrogens with one attached hydrogen (secondary N) is 1. The van der Waals surface area contributed by atoms with E-state index in [4.69, 9.17) is 14.2 Å². The Morgan fingerprint density at radius 3 is 2.67 bits per heavy atom. The molecule has 0 saturated carbocycles. The molecule has 4 rings (SSSR count). The molecule has 2 heterocycles. The second kappa shape index (κ2) is 9.39. The molecule has 2 aromatic carbocycles. The quantitative estimate of drug-likeness (QED) is 0.786. The number of carbonyl (C=O) groups excluding carboxylic acids is 1. The summed E-state index contributed by atoms with van der Waals surface area (Å²) in [6, 6.07) is 12.6. The number of fused-ring (bicyclic) bond motifs is 1.